The van der Waals surface area contributed by atoms with E-state index < -0.39 is 6.35 Å². The van der Waals surface area contributed by atoms with E-state index in [0.717, 1.165) is 10.0 Å². The zero-order valence-corrected chi connectivity index (χ0v) is 15.4. The van der Waals surface area contributed by atoms with Crippen LogP contribution in [0.4, 0.5) is 11.4 Å². The van der Waals surface area contributed by atoms with E-state index in [9.17, 15) is 9.90 Å². The van der Waals surface area contributed by atoms with Crippen molar-refractivity contribution in [3.63, 3.8) is 0 Å². The molecule has 1 aliphatic rings. The molecular weight excluding hydrogens is 386 g/mol. The van der Waals surface area contributed by atoms with Crippen molar-refractivity contribution in [3.8, 4) is 0 Å². The lowest BCUT2D eigenvalue weighted by molar-refractivity contribution is -0.00838. The number of amides is 1. The first-order valence-electron chi connectivity index (χ1n) is 7.90. The van der Waals surface area contributed by atoms with Crippen molar-refractivity contribution in [3.05, 3.63) is 58.1 Å². The average Bonchev–Trinajstić information content (AvgIpc) is 2.60. The number of hydrogen-bond donors (Lipinski definition) is 2. The van der Waals surface area contributed by atoms with Gasteiger partial charge in [-0.1, -0.05) is 28.1 Å². The molecule has 1 unspecified atom stereocenters. The molecule has 0 radical (unpaired) electrons. The van der Waals surface area contributed by atoms with Crippen LogP contribution in [0.15, 0.2) is 46.9 Å². The highest BCUT2D eigenvalue weighted by atomic mass is 79.9. The van der Waals surface area contributed by atoms with E-state index in [1.165, 1.54) is 4.90 Å². The van der Waals surface area contributed by atoms with Crippen LogP contribution in [0, 0.1) is 0 Å². The number of fused-ring (bicyclic) bond motifs is 1. The number of nitrogens with zero attached hydrogens (tertiary/aromatic N) is 2. The fourth-order valence-corrected chi connectivity index (χ4v) is 3.15. The number of hydrogen-bond acceptors (Lipinski definition) is 5. The molecule has 132 valence electrons. The van der Waals surface area contributed by atoms with E-state index in [-0.39, 0.29) is 5.91 Å². The summed E-state index contributed by atoms with van der Waals surface area (Å²) in [6.07, 6.45) is -1.07. The lowest BCUT2D eigenvalue weighted by Crippen LogP contribution is -2.55. The first-order valence-corrected chi connectivity index (χ1v) is 8.69. The summed E-state index contributed by atoms with van der Waals surface area (Å²) in [5, 5.41) is 10.8. The summed E-state index contributed by atoms with van der Waals surface area (Å²) in [5.41, 5.74) is 8.54. The van der Waals surface area contributed by atoms with E-state index in [0.29, 0.717) is 36.6 Å². The topological polar surface area (TPSA) is 79.0 Å². The molecule has 0 saturated carbocycles. The van der Waals surface area contributed by atoms with Crippen molar-refractivity contribution in [2.45, 2.75) is 12.9 Å². The van der Waals surface area contributed by atoms with Crippen LogP contribution in [0.3, 0.4) is 0 Å². The Morgan fingerprint density at radius 2 is 1.92 bits per heavy atom. The van der Waals surface area contributed by atoms with Gasteiger partial charge in [-0.2, -0.15) is 0 Å². The second-order valence-electron chi connectivity index (χ2n) is 5.87. The molecule has 1 aliphatic heterocycles. The first-order chi connectivity index (χ1) is 12.0. The van der Waals surface area contributed by atoms with Gasteiger partial charge >= 0.3 is 0 Å². The number of ether oxygens (including phenoxy) is 1. The van der Waals surface area contributed by atoms with E-state index in [2.05, 4.69) is 15.9 Å². The number of methoxy groups -OCH3 is 1. The lowest BCUT2D eigenvalue weighted by Gasteiger charge is -2.42. The Morgan fingerprint density at radius 3 is 2.60 bits per heavy atom. The minimum atomic E-state index is -1.07. The Kier molecular flexibility index (Phi) is 5.27. The Labute approximate surface area is 154 Å². The third-order valence-electron chi connectivity index (χ3n) is 4.18. The second kappa shape index (κ2) is 7.43. The monoisotopic (exact) mass is 405 g/mol. The summed E-state index contributed by atoms with van der Waals surface area (Å²) in [6, 6.07) is 13.0. The van der Waals surface area contributed by atoms with E-state index in [4.69, 9.17) is 10.5 Å². The molecule has 3 rings (SSSR count). The van der Waals surface area contributed by atoms with Crippen molar-refractivity contribution in [2.75, 3.05) is 30.9 Å². The van der Waals surface area contributed by atoms with Gasteiger partial charge in [-0.3, -0.25) is 9.69 Å². The molecule has 3 N–H and O–H groups in total. The number of nitrogens with two attached hydrogens (primary N) is 1. The van der Waals surface area contributed by atoms with Gasteiger partial charge < -0.3 is 20.5 Å². The maximum absolute atomic E-state index is 12.7. The Balaban J connectivity index is 1.98. The average molecular weight is 406 g/mol. The second-order valence-corrected chi connectivity index (χ2v) is 6.78. The van der Waals surface area contributed by atoms with Crippen molar-refractivity contribution in [1.82, 2.24) is 4.90 Å². The predicted molar refractivity (Wildman–Crippen MR) is 100 cm³/mol. The van der Waals surface area contributed by atoms with Gasteiger partial charge in [-0.15, -0.1) is 0 Å². The van der Waals surface area contributed by atoms with E-state index in [1.807, 2.05) is 24.3 Å². The van der Waals surface area contributed by atoms with Crippen LogP contribution in [-0.2, 0) is 11.3 Å². The van der Waals surface area contributed by atoms with Crippen LogP contribution >= 0.6 is 15.9 Å². The quantitative estimate of drug-likeness (QED) is 0.746. The first kappa shape index (κ1) is 17.7. The number of carbonyl (C=O) groups excluding carboxylic acids is 1. The standard InChI is InChI=1S/C18H20BrN3O3/c1-25-9-8-21-17(23)15-10-14(20)6-7-16(15)22(18(21)24)11-12-2-4-13(19)5-3-12/h2-7,10,18,24H,8-9,11,20H2,1H3. The summed E-state index contributed by atoms with van der Waals surface area (Å²) < 4.78 is 6.05. The lowest BCUT2D eigenvalue weighted by atomic mass is 10.1. The smallest absolute Gasteiger partial charge is 0.259 e. The number of nitrogen functional groups attached to an aromatic ring is 1. The van der Waals surface area contributed by atoms with E-state index in [1.54, 1.807) is 30.2 Å². The van der Waals surface area contributed by atoms with Gasteiger partial charge in [0.05, 0.1) is 17.9 Å². The van der Waals surface area contributed by atoms with Crippen LogP contribution < -0.4 is 10.6 Å². The Morgan fingerprint density at radius 1 is 1.20 bits per heavy atom. The number of halogens is 1. The number of aliphatic hydroxyl groups excluding tert-OH is 1. The fourth-order valence-electron chi connectivity index (χ4n) is 2.89. The molecule has 7 heteroatoms. The summed E-state index contributed by atoms with van der Waals surface area (Å²) in [6.45, 7) is 1.09. The molecule has 0 spiro atoms. The minimum absolute atomic E-state index is 0.251. The summed E-state index contributed by atoms with van der Waals surface area (Å²) >= 11 is 3.42. The molecule has 1 atom stereocenters. The van der Waals surface area contributed by atoms with Gasteiger partial charge in [0, 0.05) is 30.4 Å². The molecule has 25 heavy (non-hydrogen) atoms. The van der Waals surface area contributed by atoms with Gasteiger partial charge in [0.1, 0.15) is 0 Å². The van der Waals surface area contributed by atoms with Crippen LogP contribution in [0.5, 0.6) is 0 Å². The molecule has 0 aliphatic carbocycles. The largest absolute Gasteiger partial charge is 0.399 e. The molecular formula is C18H20BrN3O3. The normalized spacial score (nSPS) is 16.9. The predicted octanol–water partition coefficient (Wildman–Crippen LogP) is 2.42. The number of carbonyl (C=O) groups is 1. The summed E-state index contributed by atoms with van der Waals surface area (Å²) in [5.74, 6) is -0.251. The SMILES string of the molecule is COCCN1C(=O)c2cc(N)ccc2N(Cc2ccc(Br)cc2)C1O. The van der Waals surface area contributed by atoms with Crippen LogP contribution in [-0.4, -0.2) is 42.5 Å². The molecule has 0 saturated heterocycles. The van der Waals surface area contributed by atoms with Crippen molar-refractivity contribution in [2.24, 2.45) is 0 Å². The van der Waals surface area contributed by atoms with Crippen molar-refractivity contribution in [1.29, 1.82) is 0 Å². The van der Waals surface area contributed by atoms with Crippen molar-refractivity contribution < 1.29 is 14.6 Å². The number of aliphatic hydroxyl groups is 1. The zero-order chi connectivity index (χ0) is 18.0. The summed E-state index contributed by atoms with van der Waals surface area (Å²) in [4.78, 5) is 15.9. The van der Waals surface area contributed by atoms with Crippen LogP contribution in [0.2, 0.25) is 0 Å². The van der Waals surface area contributed by atoms with Gasteiger partial charge in [-0.25, -0.2) is 0 Å². The van der Waals surface area contributed by atoms with Crippen LogP contribution in [0.25, 0.3) is 0 Å². The van der Waals surface area contributed by atoms with Gasteiger partial charge in [0.2, 0.25) is 6.35 Å². The molecule has 6 nitrogen and oxygen atoms in total. The summed E-state index contributed by atoms with van der Waals surface area (Å²) in [7, 11) is 1.56. The number of rotatable bonds is 5. The fraction of sp³-hybridized carbons (Fsp3) is 0.278. The molecule has 0 aromatic heterocycles. The van der Waals surface area contributed by atoms with Gasteiger partial charge in [-0.05, 0) is 35.9 Å². The Hall–Kier alpha value is -2.09. The highest BCUT2D eigenvalue weighted by molar-refractivity contribution is 9.10. The van der Waals surface area contributed by atoms with Gasteiger partial charge in [0.25, 0.3) is 5.91 Å². The highest BCUT2D eigenvalue weighted by Gasteiger charge is 2.36. The van der Waals surface area contributed by atoms with Crippen LogP contribution in [0.1, 0.15) is 15.9 Å². The molecule has 0 fully saturated rings. The van der Waals surface area contributed by atoms with E-state index >= 15 is 0 Å². The molecule has 0 bridgehead atoms. The van der Waals surface area contributed by atoms with Gasteiger partial charge in [0.15, 0.2) is 0 Å². The third kappa shape index (κ3) is 3.63. The molecule has 1 heterocycles. The maximum atomic E-state index is 12.7. The molecule has 2 aromatic carbocycles. The third-order valence-corrected chi connectivity index (χ3v) is 4.71. The zero-order valence-electron chi connectivity index (χ0n) is 13.9. The van der Waals surface area contributed by atoms with Crippen molar-refractivity contribution >= 4 is 33.2 Å². The molecule has 1 amide bonds. The Bertz CT molecular complexity index is 767. The maximum Gasteiger partial charge on any atom is 0.259 e. The highest BCUT2D eigenvalue weighted by Crippen LogP contribution is 2.33. The number of benzene rings is 2. The molecule has 2 aromatic rings. The number of anilines is 2. The minimum Gasteiger partial charge on any atom is -0.399 e.